The molecular formula is C25H24ClNO6. The van der Waals surface area contributed by atoms with Crippen LogP contribution in [0.4, 0.5) is 10.5 Å². The van der Waals surface area contributed by atoms with Crippen molar-refractivity contribution in [2.24, 2.45) is 0 Å². The molecule has 7 nitrogen and oxygen atoms in total. The molecule has 1 aliphatic rings. The second kappa shape index (κ2) is 10.0. The molecule has 2 aromatic carbocycles. The van der Waals surface area contributed by atoms with E-state index in [1.54, 1.807) is 26.8 Å². The van der Waals surface area contributed by atoms with Crippen LogP contribution < -0.4 is 4.90 Å². The van der Waals surface area contributed by atoms with Gasteiger partial charge in [-0.3, -0.25) is 14.4 Å². The summed E-state index contributed by atoms with van der Waals surface area (Å²) in [5.74, 6) is -2.28. The maximum absolute atomic E-state index is 13.7. The van der Waals surface area contributed by atoms with Gasteiger partial charge >= 0.3 is 12.1 Å². The van der Waals surface area contributed by atoms with E-state index in [1.165, 1.54) is 18.2 Å². The Morgan fingerprint density at radius 3 is 2.33 bits per heavy atom. The Bertz CT molecular complexity index is 1130. The first-order valence-corrected chi connectivity index (χ1v) is 10.9. The van der Waals surface area contributed by atoms with Crippen LogP contribution in [0.3, 0.4) is 0 Å². The van der Waals surface area contributed by atoms with Crippen molar-refractivity contribution in [2.45, 2.75) is 32.6 Å². The maximum atomic E-state index is 13.7. The lowest BCUT2D eigenvalue weighted by atomic mass is 9.76. The van der Waals surface area contributed by atoms with Gasteiger partial charge in [-0.1, -0.05) is 41.9 Å². The Balaban J connectivity index is 2.13. The molecule has 2 aromatic rings. The molecule has 8 heteroatoms. The highest BCUT2D eigenvalue weighted by Crippen LogP contribution is 2.47. The predicted octanol–water partition coefficient (Wildman–Crippen LogP) is 4.71. The minimum absolute atomic E-state index is 0.0177. The summed E-state index contributed by atoms with van der Waals surface area (Å²) in [6.45, 7) is 4.80. The number of imide groups is 1. The number of hydrogen-bond acceptors (Lipinski definition) is 6. The fraction of sp³-hybridized carbons (Fsp3) is 0.280. The molecule has 0 fully saturated rings. The van der Waals surface area contributed by atoms with Gasteiger partial charge in [0.1, 0.15) is 0 Å². The Morgan fingerprint density at radius 2 is 1.70 bits per heavy atom. The number of hydrogen-bond donors (Lipinski definition) is 0. The number of anilines is 1. The Hall–Kier alpha value is -3.45. The molecule has 0 saturated heterocycles. The van der Waals surface area contributed by atoms with Gasteiger partial charge in [-0.2, -0.15) is 0 Å². The van der Waals surface area contributed by atoms with E-state index >= 15 is 0 Å². The van der Waals surface area contributed by atoms with Crippen molar-refractivity contribution in [1.29, 1.82) is 0 Å². The molecule has 0 radical (unpaired) electrons. The summed E-state index contributed by atoms with van der Waals surface area (Å²) < 4.78 is 10.3. The van der Waals surface area contributed by atoms with Crippen LogP contribution >= 0.6 is 11.6 Å². The minimum Gasteiger partial charge on any atom is -0.465 e. The third kappa shape index (κ3) is 4.54. The highest BCUT2D eigenvalue weighted by Gasteiger charge is 2.60. The number of Topliss-reactive ketones (excluding diaryl/α,β-unsaturated/α-hetero) is 1. The number of benzene rings is 2. The number of rotatable bonds is 7. The van der Waals surface area contributed by atoms with Crippen molar-refractivity contribution >= 4 is 47.1 Å². The number of amides is 2. The van der Waals surface area contributed by atoms with Gasteiger partial charge in [-0.15, -0.1) is 0 Å². The number of ether oxygens (including phenoxy) is 2. The van der Waals surface area contributed by atoms with Crippen LogP contribution in [0.2, 0.25) is 5.02 Å². The molecule has 172 valence electrons. The zero-order valence-corrected chi connectivity index (χ0v) is 19.3. The summed E-state index contributed by atoms with van der Waals surface area (Å²) in [5.41, 5.74) is -0.661. The predicted molar refractivity (Wildman–Crippen MR) is 124 cm³/mol. The van der Waals surface area contributed by atoms with E-state index in [1.807, 2.05) is 30.3 Å². The van der Waals surface area contributed by atoms with E-state index in [-0.39, 0.29) is 29.5 Å². The van der Waals surface area contributed by atoms with E-state index < -0.39 is 35.6 Å². The summed E-state index contributed by atoms with van der Waals surface area (Å²) in [6, 6.07) is 13.5. The average molecular weight is 470 g/mol. The maximum Gasteiger partial charge on any atom is 0.421 e. The highest BCUT2D eigenvalue weighted by molar-refractivity contribution is 6.33. The van der Waals surface area contributed by atoms with E-state index in [0.29, 0.717) is 5.57 Å². The van der Waals surface area contributed by atoms with Gasteiger partial charge in [-0.05, 0) is 56.2 Å². The fourth-order valence-electron chi connectivity index (χ4n) is 3.78. The number of carbonyl (C=O) groups excluding carboxylic acids is 4. The Kier molecular flexibility index (Phi) is 7.33. The second-order valence-corrected chi connectivity index (χ2v) is 7.90. The molecule has 1 atom stereocenters. The van der Waals surface area contributed by atoms with Crippen molar-refractivity contribution in [2.75, 3.05) is 18.1 Å². The number of nitrogens with zero attached hydrogens (tertiary/aromatic N) is 1. The molecule has 33 heavy (non-hydrogen) atoms. The average Bonchev–Trinajstić information content (AvgIpc) is 3.03. The van der Waals surface area contributed by atoms with Crippen molar-refractivity contribution in [1.82, 2.24) is 0 Å². The molecule has 0 aromatic heterocycles. The van der Waals surface area contributed by atoms with Crippen molar-refractivity contribution in [3.05, 3.63) is 70.3 Å². The molecule has 1 heterocycles. The molecule has 3 rings (SSSR count). The van der Waals surface area contributed by atoms with Gasteiger partial charge in [0.05, 0.1) is 18.9 Å². The molecular weight excluding hydrogens is 446 g/mol. The topological polar surface area (TPSA) is 90.0 Å². The summed E-state index contributed by atoms with van der Waals surface area (Å²) >= 11 is 6.18. The molecule has 1 unspecified atom stereocenters. The third-order valence-electron chi connectivity index (χ3n) is 5.35. The van der Waals surface area contributed by atoms with Gasteiger partial charge in [-0.25, -0.2) is 9.69 Å². The van der Waals surface area contributed by atoms with Crippen LogP contribution in [0, 0.1) is 0 Å². The monoisotopic (exact) mass is 469 g/mol. The first-order chi connectivity index (χ1) is 15.8. The molecule has 0 aliphatic carbocycles. The highest BCUT2D eigenvalue weighted by atomic mass is 35.5. The smallest absolute Gasteiger partial charge is 0.421 e. The van der Waals surface area contributed by atoms with Crippen LogP contribution in [-0.2, 0) is 29.3 Å². The Morgan fingerprint density at radius 1 is 1.03 bits per heavy atom. The van der Waals surface area contributed by atoms with E-state index in [4.69, 9.17) is 21.1 Å². The van der Waals surface area contributed by atoms with Crippen LogP contribution in [0.15, 0.2) is 54.1 Å². The first-order valence-electron chi connectivity index (χ1n) is 10.5. The molecule has 1 aliphatic heterocycles. The zero-order chi connectivity index (χ0) is 24.2. The van der Waals surface area contributed by atoms with Gasteiger partial charge in [0.25, 0.3) is 5.91 Å². The normalized spacial score (nSPS) is 17.5. The van der Waals surface area contributed by atoms with Crippen molar-refractivity contribution in [3.63, 3.8) is 0 Å². The SMILES string of the molecule is CCOC(=O)N1C(=O)C(CC(=O)/C(C)=C/c2ccccc2)(C(=O)OCC)c2cc(Cl)ccc21. The third-order valence-corrected chi connectivity index (χ3v) is 5.59. The number of fused-ring (bicyclic) bond motifs is 1. The van der Waals surface area contributed by atoms with E-state index in [0.717, 1.165) is 10.5 Å². The standard InChI is InChI=1S/C25H24ClNO6/c1-4-32-23(30)25(15-21(28)16(3)13-17-9-7-6-8-10-17)19-14-18(26)11-12-20(19)27(22(25)29)24(31)33-5-2/h6-14H,4-5,15H2,1-3H3/b16-13+. The number of esters is 1. The quantitative estimate of drug-likeness (QED) is 0.331. The molecule has 0 saturated carbocycles. The molecule has 0 N–H and O–H groups in total. The van der Waals surface area contributed by atoms with Crippen LogP contribution in [0.25, 0.3) is 6.08 Å². The van der Waals surface area contributed by atoms with Gasteiger partial charge in [0.15, 0.2) is 11.2 Å². The number of halogens is 1. The summed E-state index contributed by atoms with van der Waals surface area (Å²) in [4.78, 5) is 53.6. The van der Waals surface area contributed by atoms with E-state index in [9.17, 15) is 19.2 Å². The molecule has 2 amide bonds. The van der Waals surface area contributed by atoms with Gasteiger partial charge in [0.2, 0.25) is 0 Å². The number of allylic oxidation sites excluding steroid dienone is 1. The van der Waals surface area contributed by atoms with Gasteiger partial charge in [0, 0.05) is 17.0 Å². The van der Waals surface area contributed by atoms with Crippen molar-refractivity contribution < 1.29 is 28.7 Å². The van der Waals surface area contributed by atoms with Gasteiger partial charge < -0.3 is 9.47 Å². The van der Waals surface area contributed by atoms with Crippen LogP contribution in [0.5, 0.6) is 0 Å². The number of ketones is 1. The lowest BCUT2D eigenvalue weighted by Gasteiger charge is -2.25. The lowest BCUT2D eigenvalue weighted by molar-refractivity contribution is -0.155. The number of carbonyl (C=O) groups is 4. The Labute approximate surface area is 196 Å². The summed E-state index contributed by atoms with van der Waals surface area (Å²) in [7, 11) is 0. The fourth-order valence-corrected chi connectivity index (χ4v) is 3.96. The zero-order valence-electron chi connectivity index (χ0n) is 18.6. The minimum atomic E-state index is -2.06. The summed E-state index contributed by atoms with van der Waals surface area (Å²) in [6.07, 6.45) is 0.201. The summed E-state index contributed by atoms with van der Waals surface area (Å²) in [5, 5.41) is 0.241. The van der Waals surface area contributed by atoms with Crippen LogP contribution in [0.1, 0.15) is 38.3 Å². The molecule has 0 bridgehead atoms. The second-order valence-electron chi connectivity index (χ2n) is 7.46. The van der Waals surface area contributed by atoms with Crippen molar-refractivity contribution in [3.8, 4) is 0 Å². The van der Waals surface area contributed by atoms with Crippen LogP contribution in [-0.4, -0.2) is 37.0 Å². The largest absolute Gasteiger partial charge is 0.465 e. The van der Waals surface area contributed by atoms with E-state index in [2.05, 4.69) is 0 Å². The lowest BCUT2D eigenvalue weighted by Crippen LogP contribution is -2.50. The first kappa shape index (κ1) is 24.2. The molecule has 0 spiro atoms.